The highest BCUT2D eigenvalue weighted by Gasteiger charge is 2.25. The fraction of sp³-hybridized carbons (Fsp3) is 0.846. The summed E-state index contributed by atoms with van der Waals surface area (Å²) in [5, 5.41) is 11.4. The number of urea groups is 1. The minimum atomic E-state index is -0.930. The minimum Gasteiger partial charge on any atom is -0.481 e. The largest absolute Gasteiger partial charge is 0.481 e. The van der Waals surface area contributed by atoms with Crippen LogP contribution in [-0.4, -0.2) is 54.4 Å². The number of ether oxygens (including phenoxy) is 1. The Kier molecular flexibility index (Phi) is 5.60. The zero-order valence-electron chi connectivity index (χ0n) is 11.9. The maximum atomic E-state index is 11.8. The van der Waals surface area contributed by atoms with Crippen LogP contribution in [0.1, 0.15) is 33.1 Å². The second-order valence-electron chi connectivity index (χ2n) is 5.82. The molecule has 1 aliphatic carbocycles. The normalized spacial score (nSPS) is 15.1. The number of carboxylic acid groups (broad SMARTS) is 1. The fourth-order valence-corrected chi connectivity index (χ4v) is 1.64. The molecule has 0 spiro atoms. The summed E-state index contributed by atoms with van der Waals surface area (Å²) in [6.45, 7) is 5.17. The SMILES string of the molecule is CN(CCOCC1CC1)C(=O)NC(C)(C)CC(=O)O. The molecule has 1 aliphatic rings. The Balaban J connectivity index is 2.20. The van der Waals surface area contributed by atoms with E-state index in [2.05, 4.69) is 5.32 Å². The first-order valence-electron chi connectivity index (χ1n) is 6.63. The van der Waals surface area contributed by atoms with Crippen molar-refractivity contribution in [1.29, 1.82) is 0 Å². The van der Waals surface area contributed by atoms with Gasteiger partial charge in [0.1, 0.15) is 0 Å². The lowest BCUT2D eigenvalue weighted by Gasteiger charge is -2.28. The summed E-state index contributed by atoms with van der Waals surface area (Å²) in [5.74, 6) is -0.214. The molecule has 1 saturated carbocycles. The summed E-state index contributed by atoms with van der Waals surface area (Å²) in [6.07, 6.45) is 2.39. The minimum absolute atomic E-state index is 0.106. The lowest BCUT2D eigenvalue weighted by molar-refractivity contribution is -0.138. The Hall–Kier alpha value is -1.30. The average molecular weight is 272 g/mol. The summed E-state index contributed by atoms with van der Waals surface area (Å²) in [4.78, 5) is 24.0. The number of hydrogen-bond acceptors (Lipinski definition) is 3. The molecule has 0 atom stereocenters. The van der Waals surface area contributed by atoms with Gasteiger partial charge in [-0.1, -0.05) is 0 Å². The third-order valence-electron chi connectivity index (χ3n) is 3.01. The van der Waals surface area contributed by atoms with Crippen molar-refractivity contribution in [2.24, 2.45) is 5.92 Å². The molecular weight excluding hydrogens is 248 g/mol. The third-order valence-corrected chi connectivity index (χ3v) is 3.01. The summed E-state index contributed by atoms with van der Waals surface area (Å²) < 4.78 is 5.46. The Morgan fingerprint density at radius 1 is 1.42 bits per heavy atom. The van der Waals surface area contributed by atoms with E-state index in [1.54, 1.807) is 20.9 Å². The summed E-state index contributed by atoms with van der Waals surface area (Å²) in [7, 11) is 1.67. The predicted molar refractivity (Wildman–Crippen MR) is 71.0 cm³/mol. The highest BCUT2D eigenvalue weighted by atomic mass is 16.5. The van der Waals surface area contributed by atoms with Crippen molar-refractivity contribution < 1.29 is 19.4 Å². The van der Waals surface area contributed by atoms with Crippen molar-refractivity contribution in [3.8, 4) is 0 Å². The Morgan fingerprint density at radius 3 is 2.58 bits per heavy atom. The summed E-state index contributed by atoms with van der Waals surface area (Å²) >= 11 is 0. The molecule has 1 rings (SSSR count). The molecular formula is C13H24N2O4. The van der Waals surface area contributed by atoms with Crippen LogP contribution in [0.2, 0.25) is 0 Å². The van der Waals surface area contributed by atoms with Crippen LogP contribution >= 0.6 is 0 Å². The molecule has 0 aromatic rings. The molecule has 0 unspecified atom stereocenters. The number of carbonyl (C=O) groups is 2. The quantitative estimate of drug-likeness (QED) is 0.653. The van der Waals surface area contributed by atoms with Gasteiger partial charge in [0.15, 0.2) is 0 Å². The van der Waals surface area contributed by atoms with Crippen LogP contribution < -0.4 is 5.32 Å². The molecule has 110 valence electrons. The highest BCUT2D eigenvalue weighted by Crippen LogP contribution is 2.28. The predicted octanol–water partition coefficient (Wildman–Crippen LogP) is 1.31. The molecule has 2 amide bonds. The molecule has 0 bridgehead atoms. The van der Waals surface area contributed by atoms with E-state index < -0.39 is 11.5 Å². The molecule has 0 aliphatic heterocycles. The number of carboxylic acids is 1. The van der Waals surface area contributed by atoms with Gasteiger partial charge in [-0.3, -0.25) is 4.79 Å². The van der Waals surface area contributed by atoms with E-state index in [0.29, 0.717) is 19.1 Å². The topological polar surface area (TPSA) is 78.9 Å². The lowest BCUT2D eigenvalue weighted by Crippen LogP contribution is -2.50. The monoisotopic (exact) mass is 272 g/mol. The molecule has 19 heavy (non-hydrogen) atoms. The van der Waals surface area contributed by atoms with Crippen molar-refractivity contribution in [2.75, 3.05) is 26.8 Å². The number of nitrogens with zero attached hydrogens (tertiary/aromatic N) is 1. The first-order chi connectivity index (χ1) is 8.80. The van der Waals surface area contributed by atoms with Gasteiger partial charge >= 0.3 is 12.0 Å². The molecule has 6 heteroatoms. The second kappa shape index (κ2) is 6.75. The van der Waals surface area contributed by atoms with Crippen LogP contribution in [0.5, 0.6) is 0 Å². The van der Waals surface area contributed by atoms with E-state index in [1.165, 1.54) is 17.7 Å². The fourth-order valence-electron chi connectivity index (χ4n) is 1.64. The van der Waals surface area contributed by atoms with Gasteiger partial charge < -0.3 is 20.1 Å². The standard InChI is InChI=1S/C13H24N2O4/c1-13(2,8-11(16)17)14-12(18)15(3)6-7-19-9-10-4-5-10/h10H,4-9H2,1-3H3,(H,14,18)(H,16,17). The molecule has 6 nitrogen and oxygen atoms in total. The van der Waals surface area contributed by atoms with Gasteiger partial charge in [-0.15, -0.1) is 0 Å². The highest BCUT2D eigenvalue weighted by molar-refractivity contribution is 5.76. The van der Waals surface area contributed by atoms with Gasteiger partial charge in [-0.25, -0.2) is 4.79 Å². The first kappa shape index (κ1) is 15.8. The molecule has 0 saturated heterocycles. The second-order valence-corrected chi connectivity index (χ2v) is 5.82. The van der Waals surface area contributed by atoms with Crippen LogP contribution in [0.4, 0.5) is 4.79 Å². The number of aliphatic carboxylic acids is 1. The van der Waals surface area contributed by atoms with E-state index in [4.69, 9.17) is 9.84 Å². The first-order valence-corrected chi connectivity index (χ1v) is 6.63. The van der Waals surface area contributed by atoms with Gasteiger partial charge in [-0.2, -0.15) is 0 Å². The molecule has 2 N–H and O–H groups in total. The zero-order valence-corrected chi connectivity index (χ0v) is 11.9. The van der Waals surface area contributed by atoms with E-state index in [0.717, 1.165) is 6.61 Å². The van der Waals surface area contributed by atoms with Gasteiger partial charge in [0.25, 0.3) is 0 Å². The number of rotatable bonds is 8. The van der Waals surface area contributed by atoms with Crippen molar-refractivity contribution in [1.82, 2.24) is 10.2 Å². The number of carbonyl (C=O) groups excluding carboxylic acids is 1. The van der Waals surface area contributed by atoms with Crippen LogP contribution in [0.15, 0.2) is 0 Å². The number of nitrogens with one attached hydrogen (secondary N) is 1. The molecule has 0 heterocycles. The van der Waals surface area contributed by atoms with Crippen LogP contribution in [0, 0.1) is 5.92 Å². The summed E-state index contributed by atoms with van der Waals surface area (Å²) in [6, 6.07) is -0.277. The van der Waals surface area contributed by atoms with Crippen molar-refractivity contribution in [3.63, 3.8) is 0 Å². The Labute approximate surface area is 114 Å². The van der Waals surface area contributed by atoms with E-state index >= 15 is 0 Å². The van der Waals surface area contributed by atoms with Gasteiger partial charge in [0.2, 0.25) is 0 Å². The van der Waals surface area contributed by atoms with Crippen LogP contribution in [0.25, 0.3) is 0 Å². The molecule has 0 radical (unpaired) electrons. The maximum Gasteiger partial charge on any atom is 0.317 e. The van der Waals surface area contributed by atoms with Crippen LogP contribution in [-0.2, 0) is 9.53 Å². The number of likely N-dealkylation sites (N-methyl/N-ethyl adjacent to an activating group) is 1. The maximum absolute atomic E-state index is 11.8. The Morgan fingerprint density at radius 2 is 2.05 bits per heavy atom. The lowest BCUT2D eigenvalue weighted by atomic mass is 10.0. The zero-order chi connectivity index (χ0) is 14.5. The van der Waals surface area contributed by atoms with Crippen molar-refractivity contribution in [3.05, 3.63) is 0 Å². The van der Waals surface area contributed by atoms with Crippen molar-refractivity contribution >= 4 is 12.0 Å². The number of amides is 2. The van der Waals surface area contributed by atoms with Gasteiger partial charge in [0.05, 0.1) is 13.0 Å². The van der Waals surface area contributed by atoms with Crippen molar-refractivity contribution in [2.45, 2.75) is 38.6 Å². The molecule has 0 aromatic heterocycles. The van der Waals surface area contributed by atoms with Gasteiger partial charge in [-0.05, 0) is 32.6 Å². The Bertz CT molecular complexity index is 327. The third kappa shape index (κ3) is 7.00. The van der Waals surface area contributed by atoms with Crippen LogP contribution in [0.3, 0.4) is 0 Å². The van der Waals surface area contributed by atoms with Gasteiger partial charge in [0, 0.05) is 25.7 Å². The van der Waals surface area contributed by atoms with E-state index in [1.807, 2.05) is 0 Å². The van der Waals surface area contributed by atoms with E-state index in [-0.39, 0.29) is 12.5 Å². The van der Waals surface area contributed by atoms with E-state index in [9.17, 15) is 9.59 Å². The molecule has 1 fully saturated rings. The smallest absolute Gasteiger partial charge is 0.317 e. The average Bonchev–Trinajstić information content (AvgIpc) is 3.05. The summed E-state index contributed by atoms with van der Waals surface area (Å²) in [5.41, 5.74) is -0.758. The number of hydrogen-bond donors (Lipinski definition) is 2. The molecule has 0 aromatic carbocycles.